The number of alkyl halides is 3. The van der Waals surface area contributed by atoms with Crippen LogP contribution < -0.4 is 5.32 Å². The van der Waals surface area contributed by atoms with E-state index in [4.69, 9.17) is 9.84 Å². The third-order valence-electron chi connectivity index (χ3n) is 5.26. The number of H-pyrrole nitrogens is 1. The molecular formula is C31H34F3N3O3. The first-order valence-electron chi connectivity index (χ1n) is 12.6. The summed E-state index contributed by atoms with van der Waals surface area (Å²) in [5.74, 6) is 0.545. The van der Waals surface area contributed by atoms with Crippen LogP contribution in [0.2, 0.25) is 0 Å². The van der Waals surface area contributed by atoms with E-state index >= 15 is 0 Å². The van der Waals surface area contributed by atoms with E-state index in [2.05, 4.69) is 56.8 Å². The third-order valence-corrected chi connectivity index (χ3v) is 5.26. The van der Waals surface area contributed by atoms with Crippen LogP contribution in [-0.2, 0) is 10.9 Å². The van der Waals surface area contributed by atoms with Crippen LogP contribution in [0.3, 0.4) is 0 Å². The summed E-state index contributed by atoms with van der Waals surface area (Å²) >= 11 is 0. The van der Waals surface area contributed by atoms with Crippen LogP contribution in [0.25, 0.3) is 34.3 Å². The highest BCUT2D eigenvalue weighted by Gasteiger charge is 2.29. The summed E-state index contributed by atoms with van der Waals surface area (Å²) in [6, 6.07) is 17.4. The molecule has 0 spiro atoms. The average Bonchev–Trinajstić information content (AvgIpc) is 3.23. The maximum atomic E-state index is 12.7. The van der Waals surface area contributed by atoms with Crippen molar-refractivity contribution in [2.75, 3.05) is 5.32 Å². The smallest absolute Gasteiger partial charge is 0.416 e. The highest BCUT2D eigenvalue weighted by Crippen LogP contribution is 2.31. The average molecular weight is 554 g/mol. The lowest BCUT2D eigenvalue weighted by Crippen LogP contribution is -2.31. The molecule has 0 unspecified atom stereocenters. The Balaban J connectivity index is 0.000000424. The van der Waals surface area contributed by atoms with E-state index in [0.717, 1.165) is 28.8 Å². The van der Waals surface area contributed by atoms with Crippen LogP contribution in [0.1, 0.15) is 58.5 Å². The van der Waals surface area contributed by atoms with Crippen LogP contribution in [0.5, 0.6) is 0 Å². The van der Waals surface area contributed by atoms with E-state index in [1.54, 1.807) is 24.3 Å². The number of carbonyl (C=O) groups is 1. The molecule has 0 atom stereocenters. The van der Waals surface area contributed by atoms with Crippen molar-refractivity contribution >= 4 is 35.0 Å². The first-order valence-corrected chi connectivity index (χ1v) is 12.6. The highest BCUT2D eigenvalue weighted by atomic mass is 19.4. The second kappa shape index (κ2) is 12.0. The number of hydrogen-bond donors (Lipinski definition) is 3. The Morgan fingerprint density at radius 3 is 2.08 bits per heavy atom. The third kappa shape index (κ3) is 9.27. The summed E-state index contributed by atoms with van der Waals surface area (Å²) in [7, 11) is 0. The summed E-state index contributed by atoms with van der Waals surface area (Å²) in [6.07, 6.45) is -2.16. The summed E-state index contributed by atoms with van der Waals surface area (Å²) in [5.41, 5.74) is 3.34. The van der Waals surface area contributed by atoms with Crippen molar-refractivity contribution in [3.05, 3.63) is 83.7 Å². The van der Waals surface area contributed by atoms with Gasteiger partial charge in [0.05, 0.1) is 33.5 Å². The van der Waals surface area contributed by atoms with E-state index in [1.807, 2.05) is 30.3 Å². The van der Waals surface area contributed by atoms with Gasteiger partial charge in [-0.3, -0.25) is 5.32 Å². The number of fused-ring (bicyclic) bond motifs is 1. The van der Waals surface area contributed by atoms with Gasteiger partial charge in [0, 0.05) is 5.56 Å². The molecule has 0 aliphatic heterocycles. The lowest BCUT2D eigenvalue weighted by atomic mass is 10.0. The fourth-order valence-corrected chi connectivity index (χ4v) is 4.11. The molecule has 6 nitrogen and oxygen atoms in total. The molecule has 1 heterocycles. The zero-order valence-corrected chi connectivity index (χ0v) is 23.4. The molecule has 40 heavy (non-hydrogen) atoms. The van der Waals surface area contributed by atoms with Gasteiger partial charge in [-0.1, -0.05) is 42.5 Å². The number of rotatable bonds is 4. The number of hydrogen-bond acceptors (Lipinski definition) is 3. The fraction of sp³-hybridized carbons (Fsp3) is 0.290. The Bertz CT molecular complexity index is 1460. The number of anilines is 1. The molecule has 0 fully saturated rings. The zero-order chi connectivity index (χ0) is 29.7. The number of aromatic amines is 1. The van der Waals surface area contributed by atoms with Gasteiger partial charge >= 0.3 is 12.3 Å². The minimum absolute atomic E-state index is 0.0156. The maximum absolute atomic E-state index is 12.7. The number of carboxylic acid groups (broad SMARTS) is 1. The standard InChI is InChI=1S/C23H16F3N3O2.C8H18O/c24-23(25,26)16-9-5-14(6-10-16)7-12-21-27-19-11-8-15(13-20(19)28-21)17-3-1-2-4-18(17)29-22(30)31;1-7(2,3)9-8(4,5)6/h1-13,29H,(H,27,28)(H,30,31);1-6H3. The van der Waals surface area contributed by atoms with E-state index in [9.17, 15) is 18.0 Å². The molecular weight excluding hydrogens is 519 g/mol. The molecule has 9 heteroatoms. The van der Waals surface area contributed by atoms with Crippen LogP contribution in [-0.4, -0.2) is 32.4 Å². The minimum Gasteiger partial charge on any atom is -0.465 e. The first kappa shape index (κ1) is 30.4. The fourth-order valence-electron chi connectivity index (χ4n) is 4.11. The van der Waals surface area contributed by atoms with Crippen molar-refractivity contribution in [1.82, 2.24) is 9.97 Å². The molecule has 0 aliphatic carbocycles. The van der Waals surface area contributed by atoms with Gasteiger partial charge in [0.2, 0.25) is 0 Å². The largest absolute Gasteiger partial charge is 0.465 e. The van der Waals surface area contributed by atoms with Crippen molar-refractivity contribution in [2.24, 2.45) is 0 Å². The number of nitrogens with one attached hydrogen (secondary N) is 2. The number of halogens is 3. The second-order valence-corrected chi connectivity index (χ2v) is 11.1. The Hall–Kier alpha value is -4.11. The molecule has 0 bridgehead atoms. The van der Waals surface area contributed by atoms with Crippen molar-refractivity contribution in [2.45, 2.75) is 58.9 Å². The number of amides is 1. The molecule has 4 rings (SSSR count). The number of aromatic nitrogens is 2. The minimum atomic E-state index is -4.36. The molecule has 212 valence electrons. The van der Waals surface area contributed by atoms with Crippen molar-refractivity contribution < 1.29 is 27.8 Å². The highest BCUT2D eigenvalue weighted by molar-refractivity contribution is 5.92. The van der Waals surface area contributed by atoms with Gasteiger partial charge in [-0.2, -0.15) is 13.2 Å². The van der Waals surface area contributed by atoms with Crippen LogP contribution in [0.4, 0.5) is 23.7 Å². The summed E-state index contributed by atoms with van der Waals surface area (Å²) in [5, 5.41) is 11.4. The van der Waals surface area contributed by atoms with Gasteiger partial charge in [-0.05, 0) is 89.1 Å². The van der Waals surface area contributed by atoms with Gasteiger partial charge in [-0.15, -0.1) is 0 Å². The van der Waals surface area contributed by atoms with E-state index in [0.29, 0.717) is 22.6 Å². The van der Waals surface area contributed by atoms with E-state index in [-0.39, 0.29) is 11.2 Å². The predicted molar refractivity (Wildman–Crippen MR) is 154 cm³/mol. The number of benzene rings is 3. The van der Waals surface area contributed by atoms with E-state index in [1.165, 1.54) is 12.1 Å². The molecule has 0 saturated heterocycles. The summed E-state index contributed by atoms with van der Waals surface area (Å²) in [6.45, 7) is 12.4. The van der Waals surface area contributed by atoms with Gasteiger partial charge < -0.3 is 14.8 Å². The Kier molecular flexibility index (Phi) is 9.10. The Morgan fingerprint density at radius 1 is 0.900 bits per heavy atom. The Labute approximate surface area is 231 Å². The number of nitrogens with zero attached hydrogens (tertiary/aromatic N) is 1. The van der Waals surface area contributed by atoms with Crippen molar-refractivity contribution in [3.63, 3.8) is 0 Å². The summed E-state index contributed by atoms with van der Waals surface area (Å²) < 4.78 is 43.6. The molecule has 1 amide bonds. The second-order valence-electron chi connectivity index (χ2n) is 11.1. The first-order chi connectivity index (χ1) is 18.5. The van der Waals surface area contributed by atoms with Crippen LogP contribution in [0.15, 0.2) is 66.7 Å². The van der Waals surface area contributed by atoms with Gasteiger partial charge in [-0.25, -0.2) is 9.78 Å². The molecule has 0 saturated carbocycles. The van der Waals surface area contributed by atoms with Crippen molar-refractivity contribution in [3.8, 4) is 11.1 Å². The Morgan fingerprint density at radius 2 is 1.52 bits per heavy atom. The number of ether oxygens (including phenoxy) is 1. The van der Waals surface area contributed by atoms with Crippen LogP contribution in [0, 0.1) is 0 Å². The van der Waals surface area contributed by atoms with Gasteiger partial charge in [0.25, 0.3) is 0 Å². The quantitative estimate of drug-likeness (QED) is 0.235. The monoisotopic (exact) mass is 553 g/mol. The van der Waals surface area contributed by atoms with Gasteiger partial charge in [0.1, 0.15) is 5.82 Å². The molecule has 0 radical (unpaired) electrons. The van der Waals surface area contributed by atoms with E-state index < -0.39 is 17.8 Å². The topological polar surface area (TPSA) is 87.2 Å². The zero-order valence-electron chi connectivity index (χ0n) is 23.4. The summed E-state index contributed by atoms with van der Waals surface area (Å²) in [4.78, 5) is 18.6. The SMILES string of the molecule is CC(C)(C)OC(C)(C)C.O=C(O)Nc1ccccc1-c1ccc2nc(C=Cc3ccc(C(F)(F)F)cc3)[nH]c2c1. The molecule has 3 N–H and O–H groups in total. The van der Waals surface area contributed by atoms with Crippen molar-refractivity contribution in [1.29, 1.82) is 0 Å². The van der Waals surface area contributed by atoms with Crippen LogP contribution >= 0.6 is 0 Å². The maximum Gasteiger partial charge on any atom is 0.416 e. The number of imidazole rings is 1. The molecule has 4 aromatic rings. The normalized spacial score (nSPS) is 12.3. The van der Waals surface area contributed by atoms with Gasteiger partial charge in [0.15, 0.2) is 0 Å². The predicted octanol–water partition coefficient (Wildman–Crippen LogP) is 9.11. The molecule has 3 aromatic carbocycles. The molecule has 0 aliphatic rings. The lowest BCUT2D eigenvalue weighted by molar-refractivity contribution is -0.137. The molecule has 1 aromatic heterocycles. The lowest BCUT2D eigenvalue weighted by Gasteiger charge is -2.30. The number of para-hydroxylation sites is 1.